The number of likely N-dealkylation sites (tertiary alicyclic amines) is 1. The van der Waals surface area contributed by atoms with E-state index < -0.39 is 0 Å². The Morgan fingerprint density at radius 3 is 2.82 bits per heavy atom. The zero-order valence-electron chi connectivity index (χ0n) is 16.3. The second-order valence-electron chi connectivity index (χ2n) is 7.47. The Bertz CT molecular complexity index is 907. The molecule has 0 radical (unpaired) electrons. The van der Waals surface area contributed by atoms with Gasteiger partial charge in [-0.15, -0.1) is 0 Å². The van der Waals surface area contributed by atoms with E-state index in [1.165, 1.54) is 0 Å². The second-order valence-corrected chi connectivity index (χ2v) is 7.47. The van der Waals surface area contributed by atoms with E-state index in [0.29, 0.717) is 6.54 Å². The van der Waals surface area contributed by atoms with Crippen molar-refractivity contribution in [1.29, 1.82) is 0 Å². The van der Waals surface area contributed by atoms with E-state index >= 15 is 0 Å². The zero-order valence-corrected chi connectivity index (χ0v) is 16.3. The molecule has 4 rings (SSSR count). The number of nitrogens with zero attached hydrogens (tertiary/aromatic N) is 2. The molecule has 3 aromatic rings. The first kappa shape index (κ1) is 18.9. The van der Waals surface area contributed by atoms with Crippen LogP contribution in [0.5, 0.6) is 0 Å². The van der Waals surface area contributed by atoms with Crippen LogP contribution in [0, 0.1) is 0 Å². The molecule has 1 fully saturated rings. The smallest absolute Gasteiger partial charge is 0.141 e. The van der Waals surface area contributed by atoms with Crippen molar-refractivity contribution in [3.05, 3.63) is 71.6 Å². The molecule has 1 unspecified atom stereocenters. The maximum Gasteiger partial charge on any atom is 0.141 e. The van der Waals surface area contributed by atoms with Gasteiger partial charge in [0.2, 0.25) is 0 Å². The average molecular weight is 377 g/mol. The summed E-state index contributed by atoms with van der Waals surface area (Å²) in [4.78, 5) is 10.7. The Morgan fingerprint density at radius 2 is 2.04 bits per heavy atom. The SMILES string of the molecule is CN1CCC(OC(c2cccc(/C=C/CN)c2)c2nc3ccccc3[nH]2)CC1. The van der Waals surface area contributed by atoms with Gasteiger partial charge in [-0.25, -0.2) is 4.98 Å². The zero-order chi connectivity index (χ0) is 19.3. The number of nitrogens with one attached hydrogen (secondary N) is 1. The first-order valence-electron chi connectivity index (χ1n) is 9.98. The number of hydrogen-bond acceptors (Lipinski definition) is 4. The summed E-state index contributed by atoms with van der Waals surface area (Å²) in [6.45, 7) is 2.66. The van der Waals surface area contributed by atoms with E-state index in [0.717, 1.165) is 53.9 Å². The van der Waals surface area contributed by atoms with Crippen LogP contribution in [0.2, 0.25) is 0 Å². The lowest BCUT2D eigenvalue weighted by Crippen LogP contribution is -2.35. The summed E-state index contributed by atoms with van der Waals surface area (Å²) in [6.07, 6.45) is 6.12. The molecule has 1 atom stereocenters. The fourth-order valence-electron chi connectivity index (χ4n) is 3.74. The molecule has 0 saturated carbocycles. The lowest BCUT2D eigenvalue weighted by molar-refractivity contribution is -0.0264. The van der Waals surface area contributed by atoms with Crippen molar-refractivity contribution in [3.8, 4) is 0 Å². The van der Waals surface area contributed by atoms with Crippen molar-refractivity contribution in [2.45, 2.75) is 25.0 Å². The van der Waals surface area contributed by atoms with E-state index in [1.54, 1.807) is 0 Å². The Balaban J connectivity index is 1.67. The highest BCUT2D eigenvalue weighted by Gasteiger charge is 2.26. The normalized spacial score (nSPS) is 17.5. The van der Waals surface area contributed by atoms with Crippen LogP contribution in [0.25, 0.3) is 17.1 Å². The van der Waals surface area contributed by atoms with Gasteiger partial charge in [-0.05, 0) is 49.2 Å². The van der Waals surface area contributed by atoms with E-state index in [9.17, 15) is 0 Å². The molecule has 5 heteroatoms. The van der Waals surface area contributed by atoms with Crippen LogP contribution in [0.1, 0.15) is 35.9 Å². The van der Waals surface area contributed by atoms with Crippen molar-refractivity contribution in [2.75, 3.05) is 26.7 Å². The summed E-state index contributed by atoms with van der Waals surface area (Å²) in [5.41, 5.74) is 9.84. The Hall–Kier alpha value is -2.47. The minimum atomic E-state index is -0.216. The molecule has 0 amide bonds. The lowest BCUT2D eigenvalue weighted by Gasteiger charge is -2.31. The van der Waals surface area contributed by atoms with Crippen LogP contribution in [-0.4, -0.2) is 47.7 Å². The van der Waals surface area contributed by atoms with Crippen LogP contribution in [-0.2, 0) is 4.74 Å². The molecule has 3 N–H and O–H groups in total. The predicted octanol–water partition coefficient (Wildman–Crippen LogP) is 3.74. The van der Waals surface area contributed by atoms with Crippen LogP contribution >= 0.6 is 0 Å². The number of hydrogen-bond donors (Lipinski definition) is 2. The number of rotatable bonds is 6. The third-order valence-corrected chi connectivity index (χ3v) is 5.31. The third kappa shape index (κ3) is 4.33. The van der Waals surface area contributed by atoms with E-state index in [1.807, 2.05) is 24.3 Å². The van der Waals surface area contributed by atoms with Crippen LogP contribution < -0.4 is 5.73 Å². The summed E-state index contributed by atoms with van der Waals surface area (Å²) in [5, 5.41) is 0. The third-order valence-electron chi connectivity index (χ3n) is 5.31. The highest BCUT2D eigenvalue weighted by Crippen LogP contribution is 2.30. The van der Waals surface area contributed by atoms with E-state index in [4.69, 9.17) is 15.5 Å². The molecule has 2 aromatic carbocycles. The van der Waals surface area contributed by atoms with Crippen molar-refractivity contribution >= 4 is 17.1 Å². The number of nitrogens with two attached hydrogens (primary N) is 1. The summed E-state index contributed by atoms with van der Waals surface area (Å²) in [5.74, 6) is 0.861. The molecule has 2 heterocycles. The molecule has 146 valence electrons. The monoisotopic (exact) mass is 376 g/mol. The second kappa shape index (κ2) is 8.69. The van der Waals surface area contributed by atoms with E-state index in [2.05, 4.69) is 53.3 Å². The molecular weight excluding hydrogens is 348 g/mol. The molecule has 28 heavy (non-hydrogen) atoms. The van der Waals surface area contributed by atoms with Crippen molar-refractivity contribution in [2.24, 2.45) is 5.73 Å². The van der Waals surface area contributed by atoms with E-state index in [-0.39, 0.29) is 12.2 Å². The van der Waals surface area contributed by atoms with Gasteiger partial charge in [0.1, 0.15) is 11.9 Å². The lowest BCUT2D eigenvalue weighted by atomic mass is 10.0. The Morgan fingerprint density at radius 1 is 1.21 bits per heavy atom. The maximum atomic E-state index is 6.63. The maximum absolute atomic E-state index is 6.63. The van der Waals surface area contributed by atoms with Gasteiger partial charge in [-0.3, -0.25) is 0 Å². The fraction of sp³-hybridized carbons (Fsp3) is 0.348. The Kier molecular flexibility index (Phi) is 5.86. The number of imidazole rings is 1. The van der Waals surface area contributed by atoms with Crippen molar-refractivity contribution < 1.29 is 4.74 Å². The number of para-hydroxylation sites is 2. The first-order valence-corrected chi connectivity index (χ1v) is 9.98. The minimum absolute atomic E-state index is 0.216. The minimum Gasteiger partial charge on any atom is -0.362 e. The molecule has 1 aromatic heterocycles. The number of fused-ring (bicyclic) bond motifs is 1. The van der Waals surface area contributed by atoms with Crippen molar-refractivity contribution in [3.63, 3.8) is 0 Å². The average Bonchev–Trinajstić information content (AvgIpc) is 3.16. The molecule has 0 spiro atoms. The van der Waals surface area contributed by atoms with Gasteiger partial charge in [-0.1, -0.05) is 42.5 Å². The highest BCUT2D eigenvalue weighted by atomic mass is 16.5. The number of aromatic nitrogens is 2. The summed E-state index contributed by atoms with van der Waals surface area (Å²) >= 11 is 0. The quantitative estimate of drug-likeness (QED) is 0.688. The fourth-order valence-corrected chi connectivity index (χ4v) is 3.74. The largest absolute Gasteiger partial charge is 0.362 e. The van der Waals surface area contributed by atoms with Crippen molar-refractivity contribution in [1.82, 2.24) is 14.9 Å². The first-order chi connectivity index (χ1) is 13.7. The number of aromatic amines is 1. The molecule has 1 aliphatic heterocycles. The van der Waals surface area contributed by atoms with Crippen LogP contribution in [0.15, 0.2) is 54.6 Å². The van der Waals surface area contributed by atoms with Crippen LogP contribution in [0.4, 0.5) is 0 Å². The van der Waals surface area contributed by atoms with Gasteiger partial charge in [-0.2, -0.15) is 0 Å². The van der Waals surface area contributed by atoms with Gasteiger partial charge in [0, 0.05) is 19.6 Å². The number of ether oxygens (including phenoxy) is 1. The van der Waals surface area contributed by atoms with Gasteiger partial charge in [0.25, 0.3) is 0 Å². The summed E-state index contributed by atoms with van der Waals surface area (Å²) in [6, 6.07) is 16.6. The van der Waals surface area contributed by atoms with Gasteiger partial charge in [0.05, 0.1) is 17.1 Å². The molecule has 1 saturated heterocycles. The predicted molar refractivity (Wildman–Crippen MR) is 114 cm³/mol. The van der Waals surface area contributed by atoms with Gasteiger partial charge >= 0.3 is 0 Å². The van der Waals surface area contributed by atoms with Crippen LogP contribution in [0.3, 0.4) is 0 Å². The molecule has 1 aliphatic rings. The number of piperidine rings is 1. The summed E-state index contributed by atoms with van der Waals surface area (Å²) < 4.78 is 6.63. The molecular formula is C23H28N4O. The highest BCUT2D eigenvalue weighted by molar-refractivity contribution is 5.75. The summed E-state index contributed by atoms with van der Waals surface area (Å²) in [7, 11) is 2.17. The number of H-pyrrole nitrogens is 1. The molecule has 5 nitrogen and oxygen atoms in total. The van der Waals surface area contributed by atoms with Gasteiger partial charge in [0.15, 0.2) is 0 Å². The topological polar surface area (TPSA) is 67.2 Å². The standard InChI is InChI=1S/C23H28N4O/c1-27-14-11-19(12-15-27)28-22(18-8-4-6-17(16-18)7-5-13-24)23-25-20-9-2-3-10-21(20)26-23/h2-10,16,19,22H,11-15,24H2,1H3,(H,25,26)/b7-5+. The molecule has 0 aliphatic carbocycles. The number of benzene rings is 2. The van der Waals surface area contributed by atoms with Gasteiger partial charge < -0.3 is 20.4 Å². The Labute approximate surface area is 166 Å². The molecule has 0 bridgehead atoms.